The second-order valence-electron chi connectivity index (χ2n) is 7.54. The number of aryl methyl sites for hydroxylation is 1. The van der Waals surface area contributed by atoms with Crippen LogP contribution in [0.2, 0.25) is 0 Å². The van der Waals surface area contributed by atoms with Crippen LogP contribution in [0.25, 0.3) is 0 Å². The van der Waals surface area contributed by atoms with Crippen LogP contribution in [0.1, 0.15) is 22.7 Å². The number of aromatic nitrogens is 1. The molecular weight excluding hydrogens is 294 g/mol. The second kappa shape index (κ2) is 6.66. The maximum absolute atomic E-state index is 4.23. The average molecular weight is 321 g/mol. The second-order valence-corrected chi connectivity index (χ2v) is 7.54. The van der Waals surface area contributed by atoms with E-state index in [2.05, 4.69) is 59.1 Å². The van der Waals surface area contributed by atoms with Gasteiger partial charge in [0.25, 0.3) is 0 Å². The Bertz CT molecular complexity index is 684. The highest BCUT2D eigenvalue weighted by Crippen LogP contribution is 2.44. The van der Waals surface area contributed by atoms with Crippen LogP contribution in [-0.4, -0.2) is 48.0 Å². The van der Waals surface area contributed by atoms with E-state index in [1.807, 2.05) is 18.5 Å². The first kappa shape index (κ1) is 15.8. The molecule has 2 fully saturated rings. The average Bonchev–Trinajstić information content (AvgIpc) is 3.11. The number of fused-ring (bicyclic) bond motifs is 1. The lowest BCUT2D eigenvalue weighted by molar-refractivity contribution is 0.229. The van der Waals surface area contributed by atoms with E-state index in [1.165, 1.54) is 36.3 Å². The Hall–Kier alpha value is -1.71. The van der Waals surface area contributed by atoms with Crippen molar-refractivity contribution in [2.75, 3.05) is 33.2 Å². The normalized spacial score (nSPS) is 27.5. The van der Waals surface area contributed by atoms with E-state index in [9.17, 15) is 0 Å². The number of benzene rings is 1. The summed E-state index contributed by atoms with van der Waals surface area (Å²) in [5.41, 5.74) is 4.31. The highest BCUT2D eigenvalue weighted by atomic mass is 15.2. The summed E-state index contributed by atoms with van der Waals surface area (Å²) in [4.78, 5) is 9.48. The molecule has 24 heavy (non-hydrogen) atoms. The lowest BCUT2D eigenvalue weighted by Crippen LogP contribution is -2.30. The molecule has 126 valence electrons. The summed E-state index contributed by atoms with van der Waals surface area (Å²) in [6.45, 7) is 7.12. The van der Waals surface area contributed by atoms with Crippen molar-refractivity contribution in [2.45, 2.75) is 19.4 Å². The van der Waals surface area contributed by atoms with Gasteiger partial charge in [-0.3, -0.25) is 9.88 Å². The number of likely N-dealkylation sites (tertiary alicyclic amines) is 2. The molecule has 3 atom stereocenters. The van der Waals surface area contributed by atoms with E-state index in [-0.39, 0.29) is 0 Å². The molecule has 0 bridgehead atoms. The third kappa shape index (κ3) is 2.99. The SMILES string of the molecule is Cc1ccccc1[C@H]1[C@@H]2CN(CCc3cccnc3)C[C@@H]2CN1C. The summed E-state index contributed by atoms with van der Waals surface area (Å²) in [6, 6.07) is 13.7. The number of nitrogens with zero attached hydrogens (tertiary/aromatic N) is 3. The van der Waals surface area contributed by atoms with Gasteiger partial charge in [-0.25, -0.2) is 0 Å². The smallest absolute Gasteiger partial charge is 0.0391 e. The first-order valence-corrected chi connectivity index (χ1v) is 9.09. The fourth-order valence-corrected chi connectivity index (χ4v) is 4.75. The number of pyridine rings is 1. The number of hydrogen-bond donors (Lipinski definition) is 0. The maximum atomic E-state index is 4.23. The van der Waals surface area contributed by atoms with Crippen molar-refractivity contribution in [3.05, 3.63) is 65.5 Å². The molecule has 2 aliphatic rings. The van der Waals surface area contributed by atoms with Crippen LogP contribution in [0.3, 0.4) is 0 Å². The summed E-state index contributed by atoms with van der Waals surface area (Å²) in [7, 11) is 2.30. The van der Waals surface area contributed by atoms with E-state index >= 15 is 0 Å². The molecule has 0 N–H and O–H groups in total. The Morgan fingerprint density at radius 3 is 2.75 bits per heavy atom. The van der Waals surface area contributed by atoms with Gasteiger partial charge in [0, 0.05) is 44.6 Å². The lowest BCUT2D eigenvalue weighted by atomic mass is 9.88. The highest BCUT2D eigenvalue weighted by Gasteiger charge is 2.46. The van der Waals surface area contributed by atoms with E-state index < -0.39 is 0 Å². The van der Waals surface area contributed by atoms with Gasteiger partial charge in [0.15, 0.2) is 0 Å². The molecule has 0 amide bonds. The van der Waals surface area contributed by atoms with Crippen LogP contribution in [-0.2, 0) is 6.42 Å². The van der Waals surface area contributed by atoms with Crippen molar-refractivity contribution >= 4 is 0 Å². The first-order valence-electron chi connectivity index (χ1n) is 9.09. The Morgan fingerprint density at radius 1 is 1.08 bits per heavy atom. The molecule has 1 aromatic heterocycles. The molecule has 0 unspecified atom stereocenters. The molecule has 2 aliphatic heterocycles. The molecule has 2 aromatic rings. The summed E-state index contributed by atoms with van der Waals surface area (Å²) in [5, 5.41) is 0. The molecule has 3 heteroatoms. The monoisotopic (exact) mass is 321 g/mol. The van der Waals surface area contributed by atoms with Gasteiger partial charge in [-0.1, -0.05) is 30.3 Å². The predicted molar refractivity (Wildman–Crippen MR) is 97.9 cm³/mol. The fraction of sp³-hybridized carbons (Fsp3) is 0.476. The molecule has 0 radical (unpaired) electrons. The van der Waals surface area contributed by atoms with Gasteiger partial charge >= 0.3 is 0 Å². The van der Waals surface area contributed by atoms with Crippen LogP contribution < -0.4 is 0 Å². The summed E-state index contributed by atoms with van der Waals surface area (Å²) < 4.78 is 0. The van der Waals surface area contributed by atoms with Crippen LogP contribution in [0.5, 0.6) is 0 Å². The van der Waals surface area contributed by atoms with E-state index in [0.29, 0.717) is 6.04 Å². The predicted octanol–water partition coefficient (Wildman–Crippen LogP) is 3.17. The van der Waals surface area contributed by atoms with Gasteiger partial charge < -0.3 is 4.90 Å². The Balaban J connectivity index is 1.44. The summed E-state index contributed by atoms with van der Waals surface area (Å²) in [6.07, 6.45) is 4.96. The molecule has 3 nitrogen and oxygen atoms in total. The zero-order valence-electron chi connectivity index (χ0n) is 14.7. The molecule has 3 heterocycles. The Kier molecular flexibility index (Phi) is 4.38. The number of rotatable bonds is 4. The minimum Gasteiger partial charge on any atom is -0.302 e. The molecule has 0 saturated carbocycles. The molecule has 4 rings (SSSR count). The largest absolute Gasteiger partial charge is 0.302 e. The molecule has 2 saturated heterocycles. The van der Waals surface area contributed by atoms with Crippen LogP contribution in [0.15, 0.2) is 48.8 Å². The molecule has 1 aromatic carbocycles. The van der Waals surface area contributed by atoms with Gasteiger partial charge in [-0.2, -0.15) is 0 Å². The lowest BCUT2D eigenvalue weighted by Gasteiger charge is -2.28. The van der Waals surface area contributed by atoms with E-state index in [0.717, 1.165) is 24.8 Å². The Morgan fingerprint density at radius 2 is 1.96 bits per heavy atom. The van der Waals surface area contributed by atoms with E-state index in [1.54, 1.807) is 0 Å². The van der Waals surface area contributed by atoms with E-state index in [4.69, 9.17) is 0 Å². The van der Waals surface area contributed by atoms with Crippen molar-refractivity contribution in [3.63, 3.8) is 0 Å². The van der Waals surface area contributed by atoms with Gasteiger partial charge in [0.05, 0.1) is 0 Å². The van der Waals surface area contributed by atoms with Crippen molar-refractivity contribution in [1.29, 1.82) is 0 Å². The van der Waals surface area contributed by atoms with Crippen molar-refractivity contribution in [1.82, 2.24) is 14.8 Å². The molecule has 0 aliphatic carbocycles. The van der Waals surface area contributed by atoms with Crippen LogP contribution in [0, 0.1) is 18.8 Å². The standard InChI is InChI=1S/C21H27N3/c1-16-6-3-4-8-19(16)21-20-15-24(14-18(20)13-23(21)2)11-9-17-7-5-10-22-12-17/h3-8,10,12,18,20-21H,9,11,13-15H2,1-2H3/t18-,20+,21-/m0/s1. The van der Waals surface area contributed by atoms with Gasteiger partial charge in [-0.05, 0) is 55.0 Å². The van der Waals surface area contributed by atoms with Crippen molar-refractivity contribution < 1.29 is 0 Å². The van der Waals surface area contributed by atoms with Crippen LogP contribution >= 0.6 is 0 Å². The quantitative estimate of drug-likeness (QED) is 0.862. The summed E-state index contributed by atoms with van der Waals surface area (Å²) >= 11 is 0. The number of hydrogen-bond acceptors (Lipinski definition) is 3. The first-order chi connectivity index (χ1) is 11.7. The van der Waals surface area contributed by atoms with Gasteiger partial charge in [0.2, 0.25) is 0 Å². The van der Waals surface area contributed by atoms with Crippen molar-refractivity contribution in [2.24, 2.45) is 11.8 Å². The zero-order chi connectivity index (χ0) is 16.5. The topological polar surface area (TPSA) is 19.4 Å². The third-order valence-electron chi connectivity index (χ3n) is 5.92. The minimum atomic E-state index is 0.583. The van der Waals surface area contributed by atoms with Gasteiger partial charge in [-0.15, -0.1) is 0 Å². The highest BCUT2D eigenvalue weighted by molar-refractivity contribution is 5.31. The minimum absolute atomic E-state index is 0.583. The molecule has 0 spiro atoms. The summed E-state index contributed by atoms with van der Waals surface area (Å²) in [5.74, 6) is 1.58. The zero-order valence-corrected chi connectivity index (χ0v) is 14.7. The maximum Gasteiger partial charge on any atom is 0.0391 e. The van der Waals surface area contributed by atoms with Gasteiger partial charge in [0.1, 0.15) is 0 Å². The Labute approximate surface area is 145 Å². The van der Waals surface area contributed by atoms with Crippen LogP contribution in [0.4, 0.5) is 0 Å². The fourth-order valence-electron chi connectivity index (χ4n) is 4.75. The molecular formula is C21H27N3. The third-order valence-corrected chi connectivity index (χ3v) is 5.92. The van der Waals surface area contributed by atoms with Crippen molar-refractivity contribution in [3.8, 4) is 0 Å².